The van der Waals surface area contributed by atoms with Gasteiger partial charge in [-0.25, -0.2) is 4.98 Å². The number of H-pyrrole nitrogens is 2. The van der Waals surface area contributed by atoms with Crippen molar-refractivity contribution in [3.63, 3.8) is 0 Å². The Morgan fingerprint density at radius 3 is 2.68 bits per heavy atom. The number of nitrogens with one attached hydrogen (secondary N) is 3. The number of hydrogen-bond acceptors (Lipinski definition) is 7. The summed E-state index contributed by atoms with van der Waals surface area (Å²) in [6, 6.07) is 8.59. The summed E-state index contributed by atoms with van der Waals surface area (Å²) in [5, 5.41) is 10.3. The Balaban J connectivity index is 1.37. The van der Waals surface area contributed by atoms with E-state index in [2.05, 4.69) is 37.4 Å². The summed E-state index contributed by atoms with van der Waals surface area (Å²) >= 11 is 6.09. The van der Waals surface area contributed by atoms with Crippen molar-refractivity contribution in [1.29, 1.82) is 0 Å². The molecule has 0 radical (unpaired) electrons. The first-order chi connectivity index (χ1) is 17.9. The second kappa shape index (κ2) is 10.7. The molecule has 194 valence electrons. The first-order valence-corrected chi connectivity index (χ1v) is 12.4. The van der Waals surface area contributed by atoms with Crippen LogP contribution in [0.4, 0.5) is 5.69 Å². The van der Waals surface area contributed by atoms with Gasteiger partial charge in [0.25, 0.3) is 5.91 Å². The number of hydrogen-bond donors (Lipinski definition) is 3. The number of benzene rings is 2. The second-order valence-corrected chi connectivity index (χ2v) is 9.56. The second-order valence-electron chi connectivity index (χ2n) is 9.12. The molecule has 5 rings (SSSR count). The molecule has 0 aliphatic carbocycles. The standard InChI is InChI=1S/C26H29ClN6O4/c1-33-8-6-15(7-9-33)14-37-23-12-19-18(11-22(23)36-3)29-25(30-19)24-20(13-28-32-24)31-26(34)17-10-16(27)4-5-21(17)35-2/h4-5,10-13,15H,6-9,14H2,1-3H3,(H,28,32)(H,29,30)(H,31,34). The predicted octanol–water partition coefficient (Wildman–Crippen LogP) is 4.60. The molecule has 4 aromatic rings. The number of halogens is 1. The van der Waals surface area contributed by atoms with E-state index >= 15 is 0 Å². The fourth-order valence-electron chi connectivity index (χ4n) is 4.45. The zero-order valence-electron chi connectivity index (χ0n) is 20.9. The number of aromatic nitrogens is 4. The Bertz CT molecular complexity index is 1410. The molecule has 0 bridgehead atoms. The maximum atomic E-state index is 13.0. The summed E-state index contributed by atoms with van der Waals surface area (Å²) in [5.41, 5.74) is 2.76. The normalized spacial score (nSPS) is 14.6. The molecule has 1 aliphatic rings. The average molecular weight is 525 g/mol. The summed E-state index contributed by atoms with van der Waals surface area (Å²) in [7, 11) is 5.26. The zero-order valence-corrected chi connectivity index (χ0v) is 21.7. The smallest absolute Gasteiger partial charge is 0.259 e. The Kier molecular flexibility index (Phi) is 7.20. The minimum absolute atomic E-state index is 0.308. The van der Waals surface area contributed by atoms with E-state index in [4.69, 9.17) is 25.8 Å². The van der Waals surface area contributed by atoms with Crippen molar-refractivity contribution in [2.75, 3.05) is 46.3 Å². The van der Waals surface area contributed by atoms with Gasteiger partial charge in [0.1, 0.15) is 11.4 Å². The largest absolute Gasteiger partial charge is 0.496 e. The number of fused-ring (bicyclic) bond motifs is 1. The average Bonchev–Trinajstić information content (AvgIpc) is 3.53. The SMILES string of the molecule is COc1cc2nc(-c3[nH]ncc3NC(=O)c3cc(Cl)ccc3OC)[nH]c2cc1OCC1CCN(C)CC1. The number of carbonyl (C=O) groups excluding carboxylic acids is 1. The number of amides is 1. The predicted molar refractivity (Wildman–Crippen MR) is 142 cm³/mol. The lowest BCUT2D eigenvalue weighted by atomic mass is 9.98. The Morgan fingerprint density at radius 2 is 1.92 bits per heavy atom. The Hall–Kier alpha value is -3.76. The summed E-state index contributed by atoms with van der Waals surface area (Å²) in [6.45, 7) is 2.81. The van der Waals surface area contributed by atoms with Crippen LogP contribution in [0.15, 0.2) is 36.5 Å². The molecule has 3 heterocycles. The van der Waals surface area contributed by atoms with Gasteiger partial charge >= 0.3 is 0 Å². The topological polar surface area (TPSA) is 117 Å². The lowest BCUT2D eigenvalue weighted by Gasteiger charge is -2.28. The fourth-order valence-corrected chi connectivity index (χ4v) is 4.63. The number of ether oxygens (including phenoxy) is 3. The third kappa shape index (κ3) is 5.35. The van der Waals surface area contributed by atoms with Crippen molar-refractivity contribution in [2.45, 2.75) is 12.8 Å². The molecule has 2 aromatic carbocycles. The maximum Gasteiger partial charge on any atom is 0.259 e. The molecule has 10 nitrogen and oxygen atoms in total. The molecule has 1 aliphatic heterocycles. The van der Waals surface area contributed by atoms with Crippen LogP contribution >= 0.6 is 11.6 Å². The third-order valence-electron chi connectivity index (χ3n) is 6.61. The van der Waals surface area contributed by atoms with Crippen LogP contribution in [-0.2, 0) is 0 Å². The van der Waals surface area contributed by atoms with Crippen LogP contribution in [0.1, 0.15) is 23.2 Å². The van der Waals surface area contributed by atoms with E-state index in [-0.39, 0.29) is 5.91 Å². The first-order valence-electron chi connectivity index (χ1n) is 12.0. The van der Waals surface area contributed by atoms with Crippen molar-refractivity contribution in [3.05, 3.63) is 47.1 Å². The van der Waals surface area contributed by atoms with Crippen LogP contribution in [0.3, 0.4) is 0 Å². The maximum absolute atomic E-state index is 13.0. The van der Waals surface area contributed by atoms with Crippen LogP contribution in [0.25, 0.3) is 22.6 Å². The van der Waals surface area contributed by atoms with Crippen molar-refractivity contribution in [3.8, 4) is 28.8 Å². The highest BCUT2D eigenvalue weighted by Gasteiger charge is 2.21. The third-order valence-corrected chi connectivity index (χ3v) is 6.85. The molecule has 1 fully saturated rings. The molecule has 0 atom stereocenters. The number of rotatable bonds is 8. The molecular formula is C26H29ClN6O4. The van der Waals surface area contributed by atoms with Gasteiger partial charge in [-0.3, -0.25) is 9.89 Å². The van der Waals surface area contributed by atoms with Gasteiger partial charge in [0.05, 0.1) is 49.3 Å². The molecule has 11 heteroatoms. The molecule has 2 aromatic heterocycles. The van der Waals surface area contributed by atoms with Gasteiger partial charge in [-0.1, -0.05) is 11.6 Å². The monoisotopic (exact) mass is 524 g/mol. The number of carbonyl (C=O) groups is 1. The number of imidazole rings is 1. The summed E-state index contributed by atoms with van der Waals surface area (Å²) < 4.78 is 17.1. The molecule has 0 unspecified atom stereocenters. The van der Waals surface area contributed by atoms with Gasteiger partial charge < -0.3 is 29.4 Å². The Labute approximate surface area is 219 Å². The molecule has 37 heavy (non-hydrogen) atoms. The minimum atomic E-state index is -0.385. The fraction of sp³-hybridized carbons (Fsp3) is 0.346. The lowest BCUT2D eigenvalue weighted by Crippen LogP contribution is -2.32. The van der Waals surface area contributed by atoms with E-state index < -0.39 is 0 Å². The molecule has 3 N–H and O–H groups in total. The summed E-state index contributed by atoms with van der Waals surface area (Å²) in [6.07, 6.45) is 3.75. The lowest BCUT2D eigenvalue weighted by molar-refractivity contribution is 0.102. The number of likely N-dealkylation sites (tertiary alicyclic amines) is 1. The molecule has 0 spiro atoms. The van der Waals surface area contributed by atoms with Crippen LogP contribution in [0.5, 0.6) is 17.2 Å². The first kappa shape index (κ1) is 24.9. The van der Waals surface area contributed by atoms with E-state index in [9.17, 15) is 4.79 Å². The molecule has 1 saturated heterocycles. The van der Waals surface area contributed by atoms with Crippen LogP contribution in [0.2, 0.25) is 5.02 Å². The van der Waals surface area contributed by atoms with Gasteiger partial charge in [-0.05, 0) is 57.1 Å². The highest BCUT2D eigenvalue weighted by Crippen LogP contribution is 2.35. The van der Waals surface area contributed by atoms with E-state index in [0.717, 1.165) is 31.4 Å². The van der Waals surface area contributed by atoms with Crippen LogP contribution in [-0.4, -0.2) is 71.9 Å². The minimum Gasteiger partial charge on any atom is -0.496 e. The highest BCUT2D eigenvalue weighted by molar-refractivity contribution is 6.31. The number of anilines is 1. The van der Waals surface area contributed by atoms with Gasteiger partial charge in [0, 0.05) is 17.2 Å². The van der Waals surface area contributed by atoms with Gasteiger partial charge in [0.2, 0.25) is 0 Å². The quantitative estimate of drug-likeness (QED) is 0.308. The molecule has 1 amide bonds. The van der Waals surface area contributed by atoms with Crippen molar-refractivity contribution in [2.24, 2.45) is 5.92 Å². The number of nitrogens with zero attached hydrogens (tertiary/aromatic N) is 3. The number of methoxy groups -OCH3 is 2. The van der Waals surface area contributed by atoms with Gasteiger partial charge in [-0.15, -0.1) is 0 Å². The zero-order chi connectivity index (χ0) is 25.9. The van der Waals surface area contributed by atoms with E-state index in [1.54, 1.807) is 25.3 Å². The van der Waals surface area contributed by atoms with Gasteiger partial charge in [0.15, 0.2) is 17.3 Å². The Morgan fingerprint density at radius 1 is 1.14 bits per heavy atom. The summed E-state index contributed by atoms with van der Waals surface area (Å²) in [5.74, 6) is 2.33. The van der Waals surface area contributed by atoms with Crippen LogP contribution < -0.4 is 19.5 Å². The van der Waals surface area contributed by atoms with Crippen molar-refractivity contribution < 1.29 is 19.0 Å². The van der Waals surface area contributed by atoms with E-state index in [1.165, 1.54) is 13.3 Å². The van der Waals surface area contributed by atoms with Gasteiger partial charge in [-0.2, -0.15) is 5.10 Å². The van der Waals surface area contributed by atoms with Crippen LogP contribution in [0, 0.1) is 5.92 Å². The molecule has 0 saturated carbocycles. The number of aromatic amines is 2. The highest BCUT2D eigenvalue weighted by atomic mass is 35.5. The number of piperidine rings is 1. The summed E-state index contributed by atoms with van der Waals surface area (Å²) in [4.78, 5) is 23.3. The van der Waals surface area contributed by atoms with Crippen molar-refractivity contribution >= 4 is 34.2 Å². The molecular weight excluding hydrogens is 496 g/mol. The van der Waals surface area contributed by atoms with Crippen molar-refractivity contribution in [1.82, 2.24) is 25.1 Å². The van der Waals surface area contributed by atoms with E-state index in [0.29, 0.717) is 63.1 Å². The van der Waals surface area contributed by atoms with E-state index in [1.807, 2.05) is 12.1 Å².